The normalized spacial score (nSPS) is 10.9. The molecule has 0 aromatic carbocycles. The van der Waals surface area contributed by atoms with Crippen LogP contribution in [0.1, 0.15) is 12.5 Å². The predicted octanol–water partition coefficient (Wildman–Crippen LogP) is 2.93. The maximum Gasteiger partial charge on any atom is 0.213 e. The van der Waals surface area contributed by atoms with Crippen LogP contribution < -0.4 is 4.74 Å². The molecule has 0 radical (unpaired) electrons. The molecular formula is C14H13ClN4O. The first-order valence-electron chi connectivity index (χ1n) is 6.31. The van der Waals surface area contributed by atoms with Crippen LogP contribution in [0.5, 0.6) is 5.88 Å². The number of hydrogen-bond donors (Lipinski definition) is 0. The molecule has 3 heterocycles. The molecule has 0 bridgehead atoms. The van der Waals surface area contributed by atoms with Crippen molar-refractivity contribution in [1.82, 2.24) is 19.5 Å². The fourth-order valence-corrected chi connectivity index (χ4v) is 2.15. The van der Waals surface area contributed by atoms with Crippen LogP contribution in [0.15, 0.2) is 36.8 Å². The van der Waals surface area contributed by atoms with E-state index in [0.29, 0.717) is 24.2 Å². The second-order valence-electron chi connectivity index (χ2n) is 4.28. The fraction of sp³-hybridized carbons (Fsp3) is 0.214. The van der Waals surface area contributed by atoms with Crippen LogP contribution in [0, 0.1) is 0 Å². The Labute approximate surface area is 121 Å². The van der Waals surface area contributed by atoms with Gasteiger partial charge in [-0.3, -0.25) is 0 Å². The van der Waals surface area contributed by atoms with Crippen LogP contribution >= 0.6 is 11.6 Å². The Morgan fingerprint density at radius 3 is 3.00 bits per heavy atom. The van der Waals surface area contributed by atoms with Crippen LogP contribution in [0.4, 0.5) is 0 Å². The highest BCUT2D eigenvalue weighted by Crippen LogP contribution is 2.17. The Bertz CT molecular complexity index is 741. The molecule has 3 aromatic heterocycles. The molecule has 0 spiro atoms. The van der Waals surface area contributed by atoms with E-state index >= 15 is 0 Å². The topological polar surface area (TPSA) is 52.8 Å². The molecule has 20 heavy (non-hydrogen) atoms. The van der Waals surface area contributed by atoms with E-state index in [4.69, 9.17) is 16.3 Å². The molecule has 0 aliphatic carbocycles. The Balaban J connectivity index is 1.92. The van der Waals surface area contributed by atoms with Gasteiger partial charge in [0.15, 0.2) is 5.65 Å². The molecule has 0 atom stereocenters. The first-order valence-corrected chi connectivity index (χ1v) is 6.69. The minimum atomic E-state index is 0.462. The summed E-state index contributed by atoms with van der Waals surface area (Å²) in [5.41, 5.74) is 2.67. The van der Waals surface area contributed by atoms with Crippen molar-refractivity contribution >= 4 is 22.8 Å². The molecular weight excluding hydrogens is 276 g/mol. The quantitative estimate of drug-likeness (QED) is 0.693. The van der Waals surface area contributed by atoms with Gasteiger partial charge in [-0.05, 0) is 30.7 Å². The molecule has 6 heteroatoms. The van der Waals surface area contributed by atoms with Gasteiger partial charge in [-0.25, -0.2) is 15.0 Å². The molecule has 102 valence electrons. The van der Waals surface area contributed by atoms with Crippen molar-refractivity contribution in [2.75, 3.05) is 6.61 Å². The average Bonchev–Trinajstić information content (AvgIpc) is 2.82. The largest absolute Gasteiger partial charge is 0.478 e. The van der Waals surface area contributed by atoms with Gasteiger partial charge in [0.25, 0.3) is 0 Å². The predicted molar refractivity (Wildman–Crippen MR) is 77.0 cm³/mol. The summed E-state index contributed by atoms with van der Waals surface area (Å²) >= 11 is 5.93. The maximum atomic E-state index is 5.93. The highest BCUT2D eigenvalue weighted by molar-refractivity contribution is 6.29. The second-order valence-corrected chi connectivity index (χ2v) is 4.67. The van der Waals surface area contributed by atoms with Crippen molar-refractivity contribution in [3.8, 4) is 5.88 Å². The van der Waals surface area contributed by atoms with E-state index in [2.05, 4.69) is 15.0 Å². The number of hydrogen-bond acceptors (Lipinski definition) is 4. The van der Waals surface area contributed by atoms with E-state index in [9.17, 15) is 0 Å². The fourth-order valence-electron chi connectivity index (χ4n) is 2.00. The number of halogens is 1. The molecule has 5 nitrogen and oxygen atoms in total. The zero-order valence-electron chi connectivity index (χ0n) is 11.0. The highest BCUT2D eigenvalue weighted by atomic mass is 35.5. The van der Waals surface area contributed by atoms with E-state index in [1.807, 2.05) is 29.7 Å². The number of aromatic nitrogens is 4. The van der Waals surface area contributed by atoms with Crippen LogP contribution in [0.2, 0.25) is 5.15 Å². The summed E-state index contributed by atoms with van der Waals surface area (Å²) in [5, 5.41) is 0.462. The lowest BCUT2D eigenvalue weighted by molar-refractivity contribution is 0.326. The number of nitrogens with zero attached hydrogens (tertiary/aromatic N) is 4. The lowest BCUT2D eigenvalue weighted by Crippen LogP contribution is -2.01. The SMILES string of the molecule is CCOc1cc(Cn2cnc3ccc(Cl)nc32)ccn1. The van der Waals surface area contributed by atoms with Gasteiger partial charge >= 0.3 is 0 Å². The van der Waals surface area contributed by atoms with Crippen molar-refractivity contribution in [2.24, 2.45) is 0 Å². The van der Waals surface area contributed by atoms with Gasteiger partial charge in [0, 0.05) is 12.3 Å². The number of ether oxygens (including phenoxy) is 1. The van der Waals surface area contributed by atoms with Gasteiger partial charge in [0.1, 0.15) is 10.7 Å². The third kappa shape index (κ3) is 2.58. The van der Waals surface area contributed by atoms with Crippen molar-refractivity contribution < 1.29 is 4.74 Å². The van der Waals surface area contributed by atoms with Crippen molar-refractivity contribution in [3.05, 3.63) is 47.5 Å². The van der Waals surface area contributed by atoms with E-state index in [0.717, 1.165) is 16.7 Å². The minimum Gasteiger partial charge on any atom is -0.478 e. The monoisotopic (exact) mass is 288 g/mol. The van der Waals surface area contributed by atoms with Crippen molar-refractivity contribution in [3.63, 3.8) is 0 Å². The Hall–Kier alpha value is -2.14. The first-order chi connectivity index (χ1) is 9.76. The molecule has 0 unspecified atom stereocenters. The second kappa shape index (κ2) is 5.46. The maximum absolute atomic E-state index is 5.93. The molecule has 3 rings (SSSR count). The summed E-state index contributed by atoms with van der Waals surface area (Å²) in [4.78, 5) is 12.8. The number of pyridine rings is 2. The smallest absolute Gasteiger partial charge is 0.213 e. The minimum absolute atomic E-state index is 0.462. The third-order valence-corrected chi connectivity index (χ3v) is 3.08. The molecule has 0 fully saturated rings. The molecule has 0 aliphatic rings. The van der Waals surface area contributed by atoms with E-state index in [1.54, 1.807) is 18.6 Å². The number of rotatable bonds is 4. The molecule has 0 aliphatic heterocycles. The van der Waals surface area contributed by atoms with Crippen LogP contribution in [-0.2, 0) is 6.54 Å². The van der Waals surface area contributed by atoms with E-state index in [1.165, 1.54) is 0 Å². The average molecular weight is 289 g/mol. The number of fused-ring (bicyclic) bond motifs is 1. The lowest BCUT2D eigenvalue weighted by Gasteiger charge is -2.06. The van der Waals surface area contributed by atoms with Crippen LogP contribution in [0.3, 0.4) is 0 Å². The van der Waals surface area contributed by atoms with Gasteiger partial charge in [0.2, 0.25) is 5.88 Å². The highest BCUT2D eigenvalue weighted by Gasteiger charge is 2.06. The first kappa shape index (κ1) is 12.9. The third-order valence-electron chi connectivity index (χ3n) is 2.87. The van der Waals surface area contributed by atoms with Gasteiger partial charge in [0.05, 0.1) is 19.5 Å². The van der Waals surface area contributed by atoms with Crippen LogP contribution in [-0.4, -0.2) is 26.1 Å². The van der Waals surface area contributed by atoms with Gasteiger partial charge < -0.3 is 9.30 Å². The summed E-state index contributed by atoms with van der Waals surface area (Å²) < 4.78 is 7.35. The van der Waals surface area contributed by atoms with Gasteiger partial charge in [-0.1, -0.05) is 11.6 Å². The zero-order chi connectivity index (χ0) is 13.9. The molecule has 0 N–H and O–H groups in total. The summed E-state index contributed by atoms with van der Waals surface area (Å²) in [6.45, 7) is 3.18. The lowest BCUT2D eigenvalue weighted by atomic mass is 10.2. The van der Waals surface area contributed by atoms with E-state index in [-0.39, 0.29) is 0 Å². The molecule has 0 amide bonds. The Morgan fingerprint density at radius 2 is 2.15 bits per heavy atom. The van der Waals surface area contributed by atoms with E-state index < -0.39 is 0 Å². The van der Waals surface area contributed by atoms with Gasteiger partial charge in [-0.2, -0.15) is 0 Å². The number of imidazole rings is 1. The van der Waals surface area contributed by atoms with Gasteiger partial charge in [-0.15, -0.1) is 0 Å². The summed E-state index contributed by atoms with van der Waals surface area (Å²) in [6, 6.07) is 7.46. The zero-order valence-corrected chi connectivity index (χ0v) is 11.7. The summed E-state index contributed by atoms with van der Waals surface area (Å²) in [5.74, 6) is 0.625. The van der Waals surface area contributed by atoms with Crippen molar-refractivity contribution in [1.29, 1.82) is 0 Å². The molecule has 0 saturated carbocycles. The Morgan fingerprint density at radius 1 is 1.25 bits per heavy atom. The van der Waals surface area contributed by atoms with Crippen molar-refractivity contribution in [2.45, 2.75) is 13.5 Å². The molecule has 0 saturated heterocycles. The summed E-state index contributed by atoms with van der Waals surface area (Å²) in [6.07, 6.45) is 3.49. The Kier molecular flexibility index (Phi) is 3.52. The molecule has 3 aromatic rings. The standard InChI is InChI=1S/C14H13ClN4O/c1-2-20-13-7-10(5-6-16-13)8-19-9-17-11-3-4-12(15)18-14(11)19/h3-7,9H,2,8H2,1H3. The van der Waals surface area contributed by atoms with Crippen LogP contribution in [0.25, 0.3) is 11.2 Å². The summed E-state index contributed by atoms with van der Waals surface area (Å²) in [7, 11) is 0.